The molecule has 0 unspecified atom stereocenters. The maximum atomic E-state index is 13.2. The minimum atomic E-state index is -0.917. The lowest BCUT2D eigenvalue weighted by molar-refractivity contribution is -0.158. The Balaban J connectivity index is 1.70. The van der Waals surface area contributed by atoms with Gasteiger partial charge in [-0.25, -0.2) is 0 Å². The van der Waals surface area contributed by atoms with Gasteiger partial charge >= 0.3 is 11.9 Å². The number of carboxylic acid groups (broad SMARTS) is 1. The van der Waals surface area contributed by atoms with E-state index < -0.39 is 35.6 Å². The van der Waals surface area contributed by atoms with Crippen LogP contribution in [-0.2, 0) is 9.59 Å². The highest BCUT2D eigenvalue weighted by Crippen LogP contribution is 2.58. The number of benzene rings is 3. The molecule has 148 valence electrons. The monoisotopic (exact) mass is 396 g/mol. The molecule has 3 aromatic rings. The van der Waals surface area contributed by atoms with Crippen molar-refractivity contribution in [1.29, 1.82) is 0 Å². The van der Waals surface area contributed by atoms with Crippen molar-refractivity contribution in [3.8, 4) is 18.1 Å². The van der Waals surface area contributed by atoms with Gasteiger partial charge in [-0.05, 0) is 35.4 Å². The van der Waals surface area contributed by atoms with Gasteiger partial charge in [0.05, 0.1) is 11.8 Å². The topological polar surface area (TPSA) is 63.6 Å². The zero-order chi connectivity index (χ0) is 21.1. The highest BCUT2D eigenvalue weighted by Gasteiger charge is 2.59. The summed E-state index contributed by atoms with van der Waals surface area (Å²) >= 11 is 0. The van der Waals surface area contributed by atoms with Gasteiger partial charge in [-0.1, -0.05) is 66.6 Å². The molecule has 30 heavy (non-hydrogen) atoms. The van der Waals surface area contributed by atoms with Crippen molar-refractivity contribution in [2.45, 2.75) is 11.8 Å². The minimum absolute atomic E-state index is 0.386. The van der Waals surface area contributed by atoms with E-state index in [4.69, 9.17) is 11.2 Å². The molecule has 0 spiro atoms. The van der Waals surface area contributed by atoms with E-state index in [2.05, 4.69) is 5.92 Å². The standard InChI is InChI=1S/C26H20O4/c1-2-17-13-15-20(16-14-17)30-26(29)24-21(18-9-5-3-6-10-18)23(25(27)28)22(24)19-11-7-4-8-12-19/h1,3-16,21-24H,(H,27,28)/t21-,22-,23-,24-/m1/s1. The first-order valence-electron chi connectivity index (χ1n) is 9.71. The van der Waals surface area contributed by atoms with E-state index in [1.165, 1.54) is 0 Å². The van der Waals surface area contributed by atoms with E-state index in [1.54, 1.807) is 24.3 Å². The van der Waals surface area contributed by atoms with Crippen LogP contribution < -0.4 is 4.74 Å². The van der Waals surface area contributed by atoms with Gasteiger partial charge in [-0.3, -0.25) is 9.59 Å². The largest absolute Gasteiger partial charge is 0.481 e. The van der Waals surface area contributed by atoms with Crippen LogP contribution in [0.4, 0.5) is 0 Å². The molecule has 1 N–H and O–H groups in total. The summed E-state index contributed by atoms with van der Waals surface area (Å²) in [5, 5.41) is 9.97. The van der Waals surface area contributed by atoms with Crippen LogP contribution >= 0.6 is 0 Å². The molecule has 4 rings (SSSR count). The molecule has 0 amide bonds. The molecule has 0 heterocycles. The number of aliphatic carboxylic acids is 1. The molecule has 1 aliphatic carbocycles. The zero-order valence-corrected chi connectivity index (χ0v) is 16.1. The van der Waals surface area contributed by atoms with Gasteiger partial charge in [0.2, 0.25) is 0 Å². The van der Waals surface area contributed by atoms with E-state index in [-0.39, 0.29) is 0 Å². The van der Waals surface area contributed by atoms with Crippen LogP contribution in [-0.4, -0.2) is 17.0 Å². The first-order chi connectivity index (χ1) is 14.6. The summed E-state index contributed by atoms with van der Waals surface area (Å²) in [4.78, 5) is 25.4. The fourth-order valence-electron chi connectivity index (χ4n) is 4.33. The second kappa shape index (κ2) is 8.26. The number of carbonyl (C=O) groups excluding carboxylic acids is 1. The predicted molar refractivity (Wildman–Crippen MR) is 113 cm³/mol. The third kappa shape index (κ3) is 3.58. The smallest absolute Gasteiger partial charge is 0.315 e. The van der Waals surface area contributed by atoms with Gasteiger partial charge in [0, 0.05) is 17.4 Å². The van der Waals surface area contributed by atoms with Crippen LogP contribution in [0.25, 0.3) is 0 Å². The van der Waals surface area contributed by atoms with E-state index >= 15 is 0 Å². The van der Waals surface area contributed by atoms with Crippen LogP contribution in [0, 0.1) is 24.2 Å². The summed E-state index contributed by atoms with van der Waals surface area (Å²) in [6.07, 6.45) is 5.38. The van der Waals surface area contributed by atoms with Crippen molar-refractivity contribution in [2.75, 3.05) is 0 Å². The lowest BCUT2D eigenvalue weighted by Gasteiger charge is -2.48. The SMILES string of the molecule is C#Cc1ccc(OC(=O)[C@H]2[C@H](c3ccccc3)[C@H](C(=O)O)[C@H]2c2ccccc2)cc1. The minimum Gasteiger partial charge on any atom is -0.481 e. The van der Waals surface area contributed by atoms with Crippen LogP contribution in [0.5, 0.6) is 5.75 Å². The molecule has 1 saturated carbocycles. The molecule has 0 radical (unpaired) electrons. The summed E-state index contributed by atoms with van der Waals surface area (Å²) in [6.45, 7) is 0. The Labute approximate surface area is 175 Å². The second-order valence-corrected chi connectivity index (χ2v) is 7.35. The Kier molecular flexibility index (Phi) is 5.36. The van der Waals surface area contributed by atoms with Crippen LogP contribution in [0.1, 0.15) is 28.5 Å². The summed E-state index contributed by atoms with van der Waals surface area (Å²) < 4.78 is 5.65. The third-order valence-corrected chi connectivity index (χ3v) is 5.71. The Bertz CT molecular complexity index is 1030. The first kappa shape index (κ1) is 19.5. The number of terminal acetylenes is 1. The summed E-state index contributed by atoms with van der Waals surface area (Å²) in [5.74, 6) is -0.702. The quantitative estimate of drug-likeness (QED) is 0.393. The molecular formula is C26H20O4. The molecule has 2 atom stereocenters. The number of hydrogen-bond donors (Lipinski definition) is 1. The fraction of sp³-hybridized carbons (Fsp3) is 0.154. The molecule has 1 aliphatic rings. The maximum absolute atomic E-state index is 13.2. The summed E-state index contributed by atoms with van der Waals surface area (Å²) in [7, 11) is 0. The van der Waals surface area contributed by atoms with E-state index in [1.807, 2.05) is 60.7 Å². The van der Waals surface area contributed by atoms with E-state index in [0.717, 1.165) is 11.1 Å². The van der Waals surface area contributed by atoms with Crippen molar-refractivity contribution >= 4 is 11.9 Å². The fourth-order valence-corrected chi connectivity index (χ4v) is 4.33. The number of carbonyl (C=O) groups is 2. The third-order valence-electron chi connectivity index (χ3n) is 5.71. The van der Waals surface area contributed by atoms with E-state index in [0.29, 0.717) is 11.3 Å². The van der Waals surface area contributed by atoms with Crippen molar-refractivity contribution in [3.05, 3.63) is 102 Å². The molecule has 1 fully saturated rings. The van der Waals surface area contributed by atoms with Crippen LogP contribution in [0.15, 0.2) is 84.9 Å². The number of ether oxygens (including phenoxy) is 1. The average molecular weight is 396 g/mol. The lowest BCUT2D eigenvalue weighted by Crippen LogP contribution is -2.52. The molecule has 4 heteroatoms. The Morgan fingerprint density at radius 2 is 1.27 bits per heavy atom. The van der Waals surface area contributed by atoms with Gasteiger partial charge in [-0.15, -0.1) is 6.42 Å². The van der Waals surface area contributed by atoms with Gasteiger partial charge < -0.3 is 9.84 Å². The predicted octanol–water partition coefficient (Wildman–Crippen LogP) is 4.47. The molecule has 0 aliphatic heterocycles. The van der Waals surface area contributed by atoms with Gasteiger partial charge in [0.15, 0.2) is 0 Å². The zero-order valence-electron chi connectivity index (χ0n) is 16.1. The molecule has 0 bridgehead atoms. The van der Waals surface area contributed by atoms with Gasteiger partial charge in [0.25, 0.3) is 0 Å². The lowest BCUT2D eigenvalue weighted by atomic mass is 9.52. The second-order valence-electron chi connectivity index (χ2n) is 7.35. The maximum Gasteiger partial charge on any atom is 0.315 e. The van der Waals surface area contributed by atoms with Crippen molar-refractivity contribution in [2.24, 2.45) is 11.8 Å². The van der Waals surface area contributed by atoms with Crippen LogP contribution in [0.2, 0.25) is 0 Å². The van der Waals surface area contributed by atoms with Crippen molar-refractivity contribution in [3.63, 3.8) is 0 Å². The summed E-state index contributed by atoms with van der Waals surface area (Å²) in [5.41, 5.74) is 2.33. The number of esters is 1. The molecule has 4 nitrogen and oxygen atoms in total. The van der Waals surface area contributed by atoms with Crippen molar-refractivity contribution in [1.82, 2.24) is 0 Å². The highest BCUT2D eigenvalue weighted by atomic mass is 16.5. The Hall–Kier alpha value is -3.84. The molecular weight excluding hydrogens is 376 g/mol. The molecule has 0 aromatic heterocycles. The highest BCUT2D eigenvalue weighted by molar-refractivity contribution is 5.85. The number of carboxylic acids is 1. The summed E-state index contributed by atoms with van der Waals surface area (Å²) in [6, 6.07) is 25.3. The number of rotatable bonds is 5. The number of hydrogen-bond acceptors (Lipinski definition) is 3. The Morgan fingerprint density at radius 1 is 0.767 bits per heavy atom. The van der Waals surface area contributed by atoms with Crippen molar-refractivity contribution < 1.29 is 19.4 Å². The normalized spacial score (nSPS) is 22.4. The Morgan fingerprint density at radius 3 is 1.70 bits per heavy atom. The van der Waals surface area contributed by atoms with Gasteiger partial charge in [0.1, 0.15) is 5.75 Å². The van der Waals surface area contributed by atoms with Gasteiger partial charge in [-0.2, -0.15) is 0 Å². The molecule has 0 saturated heterocycles. The van der Waals surface area contributed by atoms with E-state index in [9.17, 15) is 14.7 Å². The average Bonchev–Trinajstić information content (AvgIpc) is 2.75. The first-order valence-corrected chi connectivity index (χ1v) is 9.71. The van der Waals surface area contributed by atoms with Crippen LogP contribution in [0.3, 0.4) is 0 Å². The molecule has 3 aromatic carbocycles.